The van der Waals surface area contributed by atoms with Crippen LogP contribution in [0.4, 0.5) is 5.69 Å². The maximum absolute atomic E-state index is 6.26. The Morgan fingerprint density at radius 3 is 2.29 bits per heavy atom. The van der Waals surface area contributed by atoms with Crippen molar-refractivity contribution in [1.82, 2.24) is 0 Å². The molecule has 3 aromatic carbocycles. The number of anilines is 1. The number of aryl methyl sites for hydroxylation is 3. The molecule has 3 rings (SSSR count). The summed E-state index contributed by atoms with van der Waals surface area (Å²) >= 11 is 0. The molecule has 3 nitrogen and oxygen atoms in total. The molecule has 0 aromatic heterocycles. The molecule has 0 fully saturated rings. The summed E-state index contributed by atoms with van der Waals surface area (Å²) in [6.07, 6.45) is 2.63. The Kier molecular flexibility index (Phi) is 7.77. The molecule has 0 saturated carbocycles. The van der Waals surface area contributed by atoms with Gasteiger partial charge in [0.1, 0.15) is 6.61 Å². The third-order valence-electron chi connectivity index (χ3n) is 5.22. The van der Waals surface area contributed by atoms with Crippen molar-refractivity contribution < 1.29 is 9.47 Å². The number of allylic oxidation sites excluding steroid dienone is 1. The lowest BCUT2D eigenvalue weighted by Crippen LogP contribution is -2.06. The Labute approximate surface area is 186 Å². The summed E-state index contributed by atoms with van der Waals surface area (Å²) in [5, 5.41) is 3.56. The van der Waals surface area contributed by atoms with Crippen LogP contribution in [0.3, 0.4) is 0 Å². The molecular weight excluding hydrogens is 382 g/mol. The quantitative estimate of drug-likeness (QED) is 0.364. The molecule has 0 unspecified atom stereocenters. The van der Waals surface area contributed by atoms with Gasteiger partial charge in [-0.2, -0.15) is 0 Å². The van der Waals surface area contributed by atoms with Crippen molar-refractivity contribution in [2.45, 2.75) is 47.3 Å². The summed E-state index contributed by atoms with van der Waals surface area (Å²) in [4.78, 5) is 0. The highest BCUT2D eigenvalue weighted by molar-refractivity contribution is 5.54. The molecule has 0 aliphatic heterocycles. The Bertz CT molecular complexity index is 1020. The monoisotopic (exact) mass is 415 g/mol. The molecule has 1 N–H and O–H groups in total. The van der Waals surface area contributed by atoms with E-state index in [0.29, 0.717) is 19.8 Å². The zero-order valence-electron chi connectivity index (χ0n) is 19.1. The van der Waals surface area contributed by atoms with Crippen LogP contribution in [0.15, 0.2) is 67.3 Å². The topological polar surface area (TPSA) is 30.5 Å². The summed E-state index contributed by atoms with van der Waals surface area (Å²) in [5.74, 6) is 1.59. The van der Waals surface area contributed by atoms with E-state index in [-0.39, 0.29) is 0 Å². The molecule has 0 amide bonds. The highest BCUT2D eigenvalue weighted by atomic mass is 16.5. The summed E-state index contributed by atoms with van der Waals surface area (Å²) in [6, 6.07) is 19.1. The maximum atomic E-state index is 6.26. The van der Waals surface area contributed by atoms with Crippen molar-refractivity contribution in [2.24, 2.45) is 0 Å². The number of nitrogens with one attached hydrogen (secondary N) is 1. The molecule has 0 spiro atoms. The smallest absolute Gasteiger partial charge is 0.165 e. The second-order valence-electron chi connectivity index (χ2n) is 7.95. The van der Waals surface area contributed by atoms with Gasteiger partial charge in [-0.25, -0.2) is 0 Å². The second kappa shape index (κ2) is 10.7. The van der Waals surface area contributed by atoms with E-state index in [1.807, 2.05) is 13.0 Å². The van der Waals surface area contributed by atoms with Crippen LogP contribution < -0.4 is 14.8 Å². The first kappa shape index (κ1) is 22.5. The van der Waals surface area contributed by atoms with Crippen LogP contribution in [-0.4, -0.2) is 6.61 Å². The first-order valence-corrected chi connectivity index (χ1v) is 10.9. The van der Waals surface area contributed by atoms with Crippen molar-refractivity contribution in [1.29, 1.82) is 0 Å². The van der Waals surface area contributed by atoms with Crippen LogP contribution >= 0.6 is 0 Å². The van der Waals surface area contributed by atoms with Crippen LogP contribution in [0.25, 0.3) is 0 Å². The fourth-order valence-corrected chi connectivity index (χ4v) is 3.61. The summed E-state index contributed by atoms with van der Waals surface area (Å²) in [6.45, 7) is 14.1. The normalized spacial score (nSPS) is 10.6. The molecule has 162 valence electrons. The molecule has 3 aromatic rings. The molecule has 31 heavy (non-hydrogen) atoms. The first-order chi connectivity index (χ1) is 15.0. The largest absolute Gasteiger partial charge is 0.490 e. The maximum Gasteiger partial charge on any atom is 0.165 e. The molecule has 0 aliphatic rings. The summed E-state index contributed by atoms with van der Waals surface area (Å²) in [7, 11) is 0. The predicted molar refractivity (Wildman–Crippen MR) is 130 cm³/mol. The zero-order valence-corrected chi connectivity index (χ0v) is 19.1. The predicted octanol–water partition coefficient (Wildman–Crippen LogP) is 6.93. The fraction of sp³-hybridized carbons (Fsp3) is 0.286. The number of rotatable bonds is 10. The van der Waals surface area contributed by atoms with Crippen LogP contribution in [0.2, 0.25) is 0 Å². The Morgan fingerprint density at radius 2 is 1.61 bits per heavy atom. The van der Waals surface area contributed by atoms with Gasteiger partial charge in [0, 0.05) is 17.8 Å². The van der Waals surface area contributed by atoms with Crippen LogP contribution in [0, 0.1) is 20.8 Å². The van der Waals surface area contributed by atoms with Crippen molar-refractivity contribution in [2.75, 3.05) is 11.9 Å². The van der Waals surface area contributed by atoms with Gasteiger partial charge in [-0.1, -0.05) is 53.6 Å². The van der Waals surface area contributed by atoms with Gasteiger partial charge in [0.2, 0.25) is 0 Å². The van der Waals surface area contributed by atoms with E-state index < -0.39 is 0 Å². The van der Waals surface area contributed by atoms with Crippen LogP contribution in [-0.2, 0) is 19.6 Å². The van der Waals surface area contributed by atoms with Gasteiger partial charge in [-0.05, 0) is 69.0 Å². The van der Waals surface area contributed by atoms with Gasteiger partial charge in [-0.3, -0.25) is 0 Å². The van der Waals surface area contributed by atoms with Gasteiger partial charge in [-0.15, -0.1) is 6.58 Å². The molecule has 3 heteroatoms. The number of ether oxygens (including phenoxy) is 2. The average Bonchev–Trinajstić information content (AvgIpc) is 2.74. The van der Waals surface area contributed by atoms with E-state index in [0.717, 1.165) is 40.3 Å². The SMILES string of the molecule is C=CCc1cc(CNc2ccc(C)cc2C)cc(OCC)c1OCc1ccc(C)cc1. The molecule has 0 radical (unpaired) electrons. The minimum Gasteiger partial charge on any atom is -0.490 e. The second-order valence-corrected chi connectivity index (χ2v) is 7.95. The van der Waals surface area contributed by atoms with Gasteiger partial charge < -0.3 is 14.8 Å². The lowest BCUT2D eigenvalue weighted by molar-refractivity contribution is 0.267. The highest BCUT2D eigenvalue weighted by Crippen LogP contribution is 2.35. The zero-order chi connectivity index (χ0) is 22.2. The van der Waals surface area contributed by atoms with E-state index >= 15 is 0 Å². The van der Waals surface area contributed by atoms with Gasteiger partial charge >= 0.3 is 0 Å². The minimum absolute atomic E-state index is 0.505. The van der Waals surface area contributed by atoms with Gasteiger partial charge in [0.05, 0.1) is 6.61 Å². The van der Waals surface area contributed by atoms with Crippen molar-refractivity contribution >= 4 is 5.69 Å². The number of benzene rings is 3. The van der Waals surface area contributed by atoms with E-state index in [9.17, 15) is 0 Å². The van der Waals surface area contributed by atoms with E-state index in [1.54, 1.807) is 0 Å². The third-order valence-corrected chi connectivity index (χ3v) is 5.22. The summed E-state index contributed by atoms with van der Waals surface area (Å²) < 4.78 is 12.2. The third kappa shape index (κ3) is 6.14. The lowest BCUT2D eigenvalue weighted by Gasteiger charge is -2.18. The van der Waals surface area contributed by atoms with E-state index in [2.05, 4.69) is 87.3 Å². The van der Waals surface area contributed by atoms with Gasteiger partial charge in [0.15, 0.2) is 11.5 Å². The number of hydrogen-bond acceptors (Lipinski definition) is 3. The molecule has 0 atom stereocenters. The van der Waals surface area contributed by atoms with Crippen molar-refractivity contribution in [3.8, 4) is 11.5 Å². The fourth-order valence-electron chi connectivity index (χ4n) is 3.61. The van der Waals surface area contributed by atoms with E-state index in [4.69, 9.17) is 9.47 Å². The molecule has 0 bridgehead atoms. The first-order valence-electron chi connectivity index (χ1n) is 10.9. The Hall–Kier alpha value is -3.20. The highest BCUT2D eigenvalue weighted by Gasteiger charge is 2.14. The molecule has 0 aliphatic carbocycles. The van der Waals surface area contributed by atoms with Gasteiger partial charge in [0.25, 0.3) is 0 Å². The van der Waals surface area contributed by atoms with Crippen LogP contribution in [0.1, 0.15) is 40.3 Å². The van der Waals surface area contributed by atoms with Crippen LogP contribution in [0.5, 0.6) is 11.5 Å². The number of hydrogen-bond donors (Lipinski definition) is 1. The summed E-state index contributed by atoms with van der Waals surface area (Å²) in [5.41, 5.74) is 8.28. The van der Waals surface area contributed by atoms with Crippen molar-refractivity contribution in [3.05, 3.63) is 101 Å². The standard InChI is InChI=1S/C28H33NO2/c1-6-8-25-16-24(18-29-26-14-11-21(4)15-22(26)5)17-27(30-7-2)28(25)31-19-23-12-9-20(3)10-13-23/h6,9-17,29H,1,7-8,18-19H2,2-5H3. The van der Waals surface area contributed by atoms with E-state index in [1.165, 1.54) is 16.7 Å². The Balaban J connectivity index is 1.84. The molecule has 0 saturated heterocycles. The average molecular weight is 416 g/mol. The van der Waals surface area contributed by atoms with Crippen molar-refractivity contribution in [3.63, 3.8) is 0 Å². The lowest BCUT2D eigenvalue weighted by atomic mass is 10.0. The molecule has 0 heterocycles. The Morgan fingerprint density at radius 1 is 0.871 bits per heavy atom. The molecular formula is C28H33NO2. The minimum atomic E-state index is 0.505.